The van der Waals surface area contributed by atoms with Crippen LogP contribution in [0.1, 0.15) is 6.42 Å². The van der Waals surface area contributed by atoms with Crippen molar-refractivity contribution in [2.45, 2.75) is 12.5 Å². The summed E-state index contributed by atoms with van der Waals surface area (Å²) in [5.41, 5.74) is 0. The minimum atomic E-state index is -0.395. The Labute approximate surface area is 122 Å². The summed E-state index contributed by atoms with van der Waals surface area (Å²) in [7, 11) is 0. The summed E-state index contributed by atoms with van der Waals surface area (Å²) in [6, 6.07) is 5.50. The lowest BCUT2D eigenvalue weighted by Crippen LogP contribution is -2.33. The Morgan fingerprint density at radius 2 is 2.28 bits per heavy atom. The number of carbonyl (C=O) groups is 1. The fourth-order valence-corrected chi connectivity index (χ4v) is 2.95. The first kappa shape index (κ1) is 13.8. The van der Waals surface area contributed by atoms with Gasteiger partial charge in [0.05, 0.1) is 10.6 Å². The highest BCUT2D eigenvalue weighted by Crippen LogP contribution is 2.28. The van der Waals surface area contributed by atoms with Crippen LogP contribution in [0.15, 0.2) is 27.1 Å². The number of β-amino-alcohol motifs (C(OH)–C–C–N with tert-alkyl or cyclic N) is 1. The minimum Gasteiger partial charge on any atom is -0.483 e. The molecule has 6 heteroatoms. The van der Waals surface area contributed by atoms with Gasteiger partial charge in [-0.05, 0) is 40.5 Å². The number of likely N-dealkylation sites (tertiary alicyclic amines) is 1. The average Bonchev–Trinajstić information content (AvgIpc) is 2.74. The van der Waals surface area contributed by atoms with Gasteiger partial charge in [0.1, 0.15) is 5.75 Å². The van der Waals surface area contributed by atoms with E-state index in [0.717, 1.165) is 8.95 Å². The van der Waals surface area contributed by atoms with Gasteiger partial charge >= 0.3 is 0 Å². The summed E-state index contributed by atoms with van der Waals surface area (Å²) in [5.74, 6) is 0.535. The van der Waals surface area contributed by atoms with Gasteiger partial charge in [-0.25, -0.2) is 0 Å². The molecular weight excluding hydrogens is 366 g/mol. The quantitative estimate of drug-likeness (QED) is 0.876. The van der Waals surface area contributed by atoms with Gasteiger partial charge in [-0.2, -0.15) is 0 Å². The third kappa shape index (κ3) is 3.46. The molecule has 0 spiro atoms. The Morgan fingerprint density at radius 1 is 1.50 bits per heavy atom. The number of hydrogen-bond donors (Lipinski definition) is 1. The molecule has 1 N–H and O–H groups in total. The van der Waals surface area contributed by atoms with Gasteiger partial charge in [0, 0.05) is 17.6 Å². The lowest BCUT2D eigenvalue weighted by Gasteiger charge is -2.16. The molecule has 0 aromatic heterocycles. The maximum atomic E-state index is 11.8. The third-order valence-corrected chi connectivity index (χ3v) is 3.87. The summed E-state index contributed by atoms with van der Waals surface area (Å²) in [6.07, 6.45) is 0.252. The van der Waals surface area contributed by atoms with Crippen LogP contribution in [0.2, 0.25) is 0 Å². The van der Waals surface area contributed by atoms with Gasteiger partial charge in [-0.1, -0.05) is 15.9 Å². The first-order chi connectivity index (χ1) is 8.56. The molecule has 1 heterocycles. The molecule has 1 aliphatic heterocycles. The van der Waals surface area contributed by atoms with Gasteiger partial charge in [0.25, 0.3) is 5.91 Å². The van der Waals surface area contributed by atoms with E-state index in [2.05, 4.69) is 31.9 Å². The highest BCUT2D eigenvalue weighted by molar-refractivity contribution is 9.11. The number of halogens is 2. The monoisotopic (exact) mass is 377 g/mol. The Kier molecular flexibility index (Phi) is 4.64. The second-order valence-corrected chi connectivity index (χ2v) is 5.92. The molecule has 1 atom stereocenters. The SMILES string of the molecule is O=C(COc1ccc(Br)cc1Br)N1CC[C@H](O)C1. The minimum absolute atomic E-state index is 0.00699. The van der Waals surface area contributed by atoms with Crippen LogP contribution in [0.25, 0.3) is 0 Å². The van der Waals surface area contributed by atoms with Crippen molar-refractivity contribution < 1.29 is 14.6 Å². The number of rotatable bonds is 3. The van der Waals surface area contributed by atoms with Crippen molar-refractivity contribution in [2.75, 3.05) is 19.7 Å². The van der Waals surface area contributed by atoms with Crippen LogP contribution in [-0.4, -0.2) is 41.7 Å². The second-order valence-electron chi connectivity index (χ2n) is 4.15. The van der Waals surface area contributed by atoms with Crippen LogP contribution in [-0.2, 0) is 4.79 Å². The number of nitrogens with zero attached hydrogens (tertiary/aromatic N) is 1. The molecule has 0 unspecified atom stereocenters. The van der Waals surface area contributed by atoms with Crippen molar-refractivity contribution in [2.24, 2.45) is 0 Å². The Hall–Kier alpha value is -0.590. The summed E-state index contributed by atoms with van der Waals surface area (Å²) in [6.45, 7) is 1.00. The van der Waals surface area contributed by atoms with E-state index in [9.17, 15) is 9.90 Å². The maximum absolute atomic E-state index is 11.8. The van der Waals surface area contributed by atoms with Gasteiger partial charge < -0.3 is 14.7 Å². The first-order valence-electron chi connectivity index (χ1n) is 5.60. The van der Waals surface area contributed by atoms with E-state index in [1.54, 1.807) is 11.0 Å². The van der Waals surface area contributed by atoms with Gasteiger partial charge in [-0.3, -0.25) is 4.79 Å². The Bertz CT molecular complexity index is 453. The number of hydrogen-bond acceptors (Lipinski definition) is 3. The first-order valence-corrected chi connectivity index (χ1v) is 7.18. The van der Waals surface area contributed by atoms with Crippen LogP contribution in [0.5, 0.6) is 5.75 Å². The van der Waals surface area contributed by atoms with Gasteiger partial charge in [0.15, 0.2) is 6.61 Å². The van der Waals surface area contributed by atoms with E-state index < -0.39 is 6.10 Å². The van der Waals surface area contributed by atoms with Crippen LogP contribution >= 0.6 is 31.9 Å². The summed E-state index contributed by atoms with van der Waals surface area (Å²) in [5, 5.41) is 9.36. The number of carbonyl (C=O) groups excluding carboxylic acids is 1. The van der Waals surface area contributed by atoms with Crippen LogP contribution < -0.4 is 4.74 Å². The van der Waals surface area contributed by atoms with Crippen LogP contribution in [0.3, 0.4) is 0 Å². The van der Waals surface area contributed by atoms with Crippen LogP contribution in [0, 0.1) is 0 Å². The van der Waals surface area contributed by atoms with Gasteiger partial charge in [0.2, 0.25) is 0 Å². The topological polar surface area (TPSA) is 49.8 Å². The molecule has 0 aliphatic carbocycles. The van der Waals surface area contributed by atoms with Crippen molar-refractivity contribution in [3.8, 4) is 5.75 Å². The van der Waals surface area contributed by atoms with Crippen molar-refractivity contribution in [1.29, 1.82) is 0 Å². The smallest absolute Gasteiger partial charge is 0.260 e. The average molecular weight is 379 g/mol. The lowest BCUT2D eigenvalue weighted by atomic mass is 10.3. The number of amides is 1. The molecule has 98 valence electrons. The van der Waals surface area contributed by atoms with E-state index in [4.69, 9.17) is 4.74 Å². The molecule has 1 aromatic carbocycles. The van der Waals surface area contributed by atoms with Crippen molar-refractivity contribution in [1.82, 2.24) is 4.90 Å². The Balaban J connectivity index is 1.89. The lowest BCUT2D eigenvalue weighted by molar-refractivity contribution is -0.132. The van der Waals surface area contributed by atoms with E-state index in [0.29, 0.717) is 25.3 Å². The zero-order chi connectivity index (χ0) is 13.1. The Morgan fingerprint density at radius 3 is 2.89 bits per heavy atom. The van der Waals surface area contributed by atoms with Crippen molar-refractivity contribution >= 4 is 37.8 Å². The fourth-order valence-electron chi connectivity index (χ4n) is 1.79. The predicted octanol–water partition coefficient (Wildman–Crippen LogP) is 2.18. The van der Waals surface area contributed by atoms with E-state index in [-0.39, 0.29) is 12.5 Å². The molecule has 1 aliphatic rings. The largest absolute Gasteiger partial charge is 0.483 e. The second kappa shape index (κ2) is 6.04. The molecule has 1 saturated heterocycles. The van der Waals surface area contributed by atoms with E-state index in [1.807, 2.05) is 12.1 Å². The van der Waals surface area contributed by atoms with Crippen LogP contribution in [0.4, 0.5) is 0 Å². The fraction of sp³-hybridized carbons (Fsp3) is 0.417. The molecule has 1 fully saturated rings. The number of ether oxygens (including phenoxy) is 1. The number of aliphatic hydroxyl groups excluding tert-OH is 1. The highest BCUT2D eigenvalue weighted by Gasteiger charge is 2.24. The zero-order valence-corrected chi connectivity index (χ0v) is 12.8. The third-order valence-electron chi connectivity index (χ3n) is 2.76. The summed E-state index contributed by atoms with van der Waals surface area (Å²) in [4.78, 5) is 13.4. The van der Waals surface area contributed by atoms with E-state index >= 15 is 0 Å². The molecule has 4 nitrogen and oxygen atoms in total. The normalized spacial score (nSPS) is 19.1. The number of benzene rings is 1. The summed E-state index contributed by atoms with van der Waals surface area (Å²) < 4.78 is 7.20. The molecule has 2 rings (SSSR count). The highest BCUT2D eigenvalue weighted by atomic mass is 79.9. The number of aliphatic hydroxyl groups is 1. The standard InChI is InChI=1S/C12H13Br2NO3/c13-8-1-2-11(10(14)5-8)18-7-12(17)15-4-3-9(16)6-15/h1-2,5,9,16H,3-4,6-7H2/t9-/m0/s1. The molecular formula is C12H13Br2NO3. The predicted molar refractivity (Wildman–Crippen MR) is 74.5 cm³/mol. The van der Waals surface area contributed by atoms with Crippen molar-refractivity contribution in [3.63, 3.8) is 0 Å². The molecule has 1 aromatic rings. The van der Waals surface area contributed by atoms with E-state index in [1.165, 1.54) is 0 Å². The molecule has 0 bridgehead atoms. The zero-order valence-electron chi connectivity index (χ0n) is 9.60. The molecule has 1 amide bonds. The molecule has 18 heavy (non-hydrogen) atoms. The summed E-state index contributed by atoms with van der Waals surface area (Å²) >= 11 is 6.72. The molecule has 0 saturated carbocycles. The van der Waals surface area contributed by atoms with Gasteiger partial charge in [-0.15, -0.1) is 0 Å². The molecule has 0 radical (unpaired) electrons. The van der Waals surface area contributed by atoms with Crippen molar-refractivity contribution in [3.05, 3.63) is 27.1 Å². The maximum Gasteiger partial charge on any atom is 0.260 e.